The van der Waals surface area contributed by atoms with E-state index in [-0.39, 0.29) is 28.7 Å². The predicted molar refractivity (Wildman–Crippen MR) is 105 cm³/mol. The molecule has 2 aliphatic rings. The van der Waals surface area contributed by atoms with E-state index in [0.717, 1.165) is 36.3 Å². The highest BCUT2D eigenvalue weighted by Gasteiger charge is 2.31. The number of hydrogen-bond acceptors (Lipinski definition) is 4. The molecular weight excluding hydrogens is 385 g/mol. The number of halogens is 3. The maximum atomic E-state index is 12.8. The fourth-order valence-corrected chi connectivity index (χ4v) is 4.71. The van der Waals surface area contributed by atoms with Gasteiger partial charge in [-0.05, 0) is 54.4 Å². The molecule has 7 heteroatoms. The fraction of sp³-hybridized carbons (Fsp3) is 0.429. The molecule has 0 unspecified atom stereocenters. The SMILES string of the molecule is FC(F)(F)Sc1cc2c(c(CN[C@H]3CCCN[C@H]3c3ccccc3)c1)OCC2. The normalized spacial score (nSPS) is 22.0. The molecule has 0 bridgehead atoms. The standard InChI is InChI=1S/C21H23F3N2OS/c22-21(23,24)28-17-11-15-8-10-27-20(15)16(12-17)13-26-18-7-4-9-25-19(18)14-5-2-1-3-6-14/h1-3,5-6,11-12,18-19,25-26H,4,7-10,13H2/t18-,19-/m0/s1. The van der Waals surface area contributed by atoms with Crippen molar-refractivity contribution < 1.29 is 17.9 Å². The van der Waals surface area contributed by atoms with Crippen molar-refractivity contribution in [2.24, 2.45) is 0 Å². The summed E-state index contributed by atoms with van der Waals surface area (Å²) < 4.78 is 44.3. The molecule has 1 fully saturated rings. The van der Waals surface area contributed by atoms with Gasteiger partial charge in [-0.3, -0.25) is 0 Å². The molecule has 2 aromatic carbocycles. The predicted octanol–water partition coefficient (Wildman–Crippen LogP) is 4.82. The van der Waals surface area contributed by atoms with Gasteiger partial charge in [-0.15, -0.1) is 0 Å². The second-order valence-corrected chi connectivity index (χ2v) is 8.33. The van der Waals surface area contributed by atoms with Gasteiger partial charge in [-0.25, -0.2) is 0 Å². The Morgan fingerprint density at radius 3 is 2.79 bits per heavy atom. The zero-order valence-electron chi connectivity index (χ0n) is 15.4. The van der Waals surface area contributed by atoms with Gasteiger partial charge in [0.25, 0.3) is 0 Å². The average Bonchev–Trinajstić information content (AvgIpc) is 3.14. The maximum absolute atomic E-state index is 12.8. The van der Waals surface area contributed by atoms with Gasteiger partial charge in [-0.1, -0.05) is 30.3 Å². The van der Waals surface area contributed by atoms with Crippen LogP contribution in [0.5, 0.6) is 5.75 Å². The van der Waals surface area contributed by atoms with Gasteiger partial charge in [0.2, 0.25) is 0 Å². The molecule has 0 aromatic heterocycles. The van der Waals surface area contributed by atoms with Crippen molar-refractivity contribution in [1.82, 2.24) is 10.6 Å². The third-order valence-electron chi connectivity index (χ3n) is 5.24. The molecule has 2 aliphatic heterocycles. The summed E-state index contributed by atoms with van der Waals surface area (Å²) in [6.45, 7) is 1.98. The highest BCUT2D eigenvalue weighted by molar-refractivity contribution is 8.00. The minimum absolute atomic E-state index is 0.0559. The number of fused-ring (bicyclic) bond motifs is 1. The molecule has 2 atom stereocenters. The fourth-order valence-electron chi connectivity index (χ4n) is 4.04. The molecule has 150 valence electrons. The van der Waals surface area contributed by atoms with Crippen molar-refractivity contribution >= 4 is 11.8 Å². The Labute approximate surface area is 167 Å². The Morgan fingerprint density at radius 1 is 1.18 bits per heavy atom. The van der Waals surface area contributed by atoms with E-state index in [4.69, 9.17) is 4.74 Å². The monoisotopic (exact) mass is 408 g/mol. The first-order chi connectivity index (χ1) is 13.5. The number of ether oxygens (including phenoxy) is 1. The summed E-state index contributed by atoms with van der Waals surface area (Å²) in [6, 6.07) is 13.9. The van der Waals surface area contributed by atoms with E-state index < -0.39 is 5.51 Å². The molecule has 4 rings (SSSR count). The topological polar surface area (TPSA) is 33.3 Å². The van der Waals surface area contributed by atoms with Crippen molar-refractivity contribution in [3.8, 4) is 5.75 Å². The summed E-state index contributed by atoms with van der Waals surface area (Å²) in [7, 11) is 0. The van der Waals surface area contributed by atoms with Gasteiger partial charge in [0.05, 0.1) is 6.61 Å². The van der Waals surface area contributed by atoms with E-state index in [1.807, 2.05) is 18.2 Å². The average molecular weight is 408 g/mol. The molecular formula is C21H23F3N2OS. The van der Waals surface area contributed by atoms with E-state index in [9.17, 15) is 13.2 Å². The lowest BCUT2D eigenvalue weighted by Crippen LogP contribution is -2.45. The van der Waals surface area contributed by atoms with Crippen LogP contribution < -0.4 is 15.4 Å². The van der Waals surface area contributed by atoms with Gasteiger partial charge in [0, 0.05) is 35.5 Å². The number of rotatable bonds is 5. The van der Waals surface area contributed by atoms with Crippen LogP contribution in [0.2, 0.25) is 0 Å². The highest BCUT2D eigenvalue weighted by Crippen LogP contribution is 2.41. The zero-order valence-corrected chi connectivity index (χ0v) is 16.2. The molecule has 0 amide bonds. The third-order valence-corrected chi connectivity index (χ3v) is 5.94. The van der Waals surface area contributed by atoms with Crippen LogP contribution in [0.4, 0.5) is 13.2 Å². The molecule has 1 saturated heterocycles. The van der Waals surface area contributed by atoms with Crippen molar-refractivity contribution in [3.05, 3.63) is 59.2 Å². The highest BCUT2D eigenvalue weighted by atomic mass is 32.2. The summed E-state index contributed by atoms with van der Waals surface area (Å²) in [5, 5.41) is 7.14. The van der Waals surface area contributed by atoms with E-state index in [1.54, 1.807) is 12.1 Å². The van der Waals surface area contributed by atoms with Gasteiger partial charge in [0.1, 0.15) is 5.75 Å². The molecule has 2 N–H and O–H groups in total. The van der Waals surface area contributed by atoms with Gasteiger partial charge >= 0.3 is 5.51 Å². The lowest BCUT2D eigenvalue weighted by atomic mass is 9.92. The molecule has 3 nitrogen and oxygen atoms in total. The molecule has 0 aliphatic carbocycles. The van der Waals surface area contributed by atoms with Crippen LogP contribution in [0.1, 0.15) is 35.6 Å². The molecule has 2 heterocycles. The minimum atomic E-state index is -4.29. The third kappa shape index (κ3) is 4.64. The number of benzene rings is 2. The van der Waals surface area contributed by atoms with Crippen molar-refractivity contribution in [1.29, 1.82) is 0 Å². The van der Waals surface area contributed by atoms with Crippen LogP contribution in [0.25, 0.3) is 0 Å². The summed E-state index contributed by atoms with van der Waals surface area (Å²) >= 11 is -0.0559. The van der Waals surface area contributed by atoms with E-state index >= 15 is 0 Å². The molecule has 0 spiro atoms. The molecule has 0 radical (unpaired) electrons. The Balaban J connectivity index is 1.52. The van der Waals surface area contributed by atoms with Crippen molar-refractivity contribution in [2.45, 2.75) is 48.3 Å². The number of piperidine rings is 1. The summed E-state index contributed by atoms with van der Waals surface area (Å²) in [4.78, 5) is 0.231. The first-order valence-corrected chi connectivity index (χ1v) is 10.4. The molecule has 2 aromatic rings. The van der Waals surface area contributed by atoms with Crippen molar-refractivity contribution in [2.75, 3.05) is 13.2 Å². The van der Waals surface area contributed by atoms with Gasteiger partial charge < -0.3 is 15.4 Å². The van der Waals surface area contributed by atoms with Crippen LogP contribution in [-0.4, -0.2) is 24.7 Å². The van der Waals surface area contributed by atoms with Crippen LogP contribution >= 0.6 is 11.8 Å². The summed E-state index contributed by atoms with van der Waals surface area (Å²) in [5.41, 5.74) is -1.39. The lowest BCUT2D eigenvalue weighted by molar-refractivity contribution is -0.0328. The van der Waals surface area contributed by atoms with Gasteiger partial charge in [0.15, 0.2) is 0 Å². The van der Waals surface area contributed by atoms with Crippen LogP contribution in [0.15, 0.2) is 47.4 Å². The Hall–Kier alpha value is -1.70. The largest absolute Gasteiger partial charge is 0.493 e. The maximum Gasteiger partial charge on any atom is 0.446 e. The number of hydrogen-bond donors (Lipinski definition) is 2. The molecule has 28 heavy (non-hydrogen) atoms. The first-order valence-electron chi connectivity index (χ1n) is 9.56. The summed E-state index contributed by atoms with van der Waals surface area (Å²) in [5.74, 6) is 0.749. The second kappa shape index (κ2) is 8.35. The Kier molecular flexibility index (Phi) is 5.85. The number of nitrogens with one attached hydrogen (secondary N) is 2. The first kappa shape index (κ1) is 19.6. The van der Waals surface area contributed by atoms with Crippen molar-refractivity contribution in [3.63, 3.8) is 0 Å². The Bertz CT molecular complexity index is 813. The second-order valence-electron chi connectivity index (χ2n) is 7.19. The molecule has 0 saturated carbocycles. The quantitative estimate of drug-likeness (QED) is 0.696. The van der Waals surface area contributed by atoms with Gasteiger partial charge in [-0.2, -0.15) is 13.2 Å². The summed E-state index contributed by atoms with van der Waals surface area (Å²) in [6.07, 6.45) is 2.75. The van der Waals surface area contributed by atoms with Crippen LogP contribution in [0.3, 0.4) is 0 Å². The number of thioether (sulfide) groups is 1. The smallest absolute Gasteiger partial charge is 0.446 e. The zero-order chi connectivity index (χ0) is 19.6. The number of alkyl halides is 3. The van der Waals surface area contributed by atoms with E-state index in [2.05, 4.69) is 22.8 Å². The van der Waals surface area contributed by atoms with Crippen LogP contribution in [-0.2, 0) is 13.0 Å². The van der Waals surface area contributed by atoms with E-state index in [0.29, 0.717) is 19.6 Å². The Morgan fingerprint density at radius 2 is 2.00 bits per heavy atom. The van der Waals surface area contributed by atoms with Crippen LogP contribution in [0, 0.1) is 0 Å². The van der Waals surface area contributed by atoms with E-state index in [1.165, 1.54) is 5.56 Å². The lowest BCUT2D eigenvalue weighted by Gasteiger charge is -2.34. The minimum Gasteiger partial charge on any atom is -0.493 e.